The average molecular weight is 673 g/mol. The maximum atomic E-state index is 2.82. The van der Waals surface area contributed by atoms with Gasteiger partial charge in [0.2, 0.25) is 5.41 Å². The maximum absolute atomic E-state index is 2.82. The molecule has 0 aliphatic heterocycles. The van der Waals surface area contributed by atoms with Gasteiger partial charge in [0, 0.05) is 11.8 Å². The van der Waals surface area contributed by atoms with Gasteiger partial charge in [0.1, 0.15) is 0 Å². The van der Waals surface area contributed by atoms with Crippen LogP contribution < -0.4 is 0 Å². The summed E-state index contributed by atoms with van der Waals surface area (Å²) in [6, 6.07) is 0. The molecule has 0 bridgehead atoms. The molecule has 0 N–H and O–H groups in total. The lowest BCUT2D eigenvalue weighted by Gasteiger charge is -2.04. The Morgan fingerprint density at radius 2 is 0.255 bits per heavy atom. The minimum atomic E-state index is -1.61. The zero-order valence-corrected chi connectivity index (χ0v) is 29.5. The molecule has 0 aliphatic carbocycles. The second-order valence-electron chi connectivity index (χ2n) is 7.50. The Balaban J connectivity index is 6.73. The van der Waals surface area contributed by atoms with E-state index in [-0.39, 0.29) is 0 Å². The van der Waals surface area contributed by atoms with Gasteiger partial charge in [-0.1, -0.05) is 23.7 Å². The van der Waals surface area contributed by atoms with Crippen molar-refractivity contribution < 1.29 is 0 Å². The first-order chi connectivity index (χ1) is 27.2. The molecule has 0 radical (unpaired) electrons. The lowest BCUT2D eigenvalue weighted by atomic mass is 9.90. The molecule has 0 heteroatoms. The van der Waals surface area contributed by atoms with E-state index < -0.39 is 5.41 Å². The molecule has 0 aromatic rings. The van der Waals surface area contributed by atoms with Gasteiger partial charge in [0.25, 0.3) is 0 Å². The van der Waals surface area contributed by atoms with Gasteiger partial charge >= 0.3 is 0 Å². The van der Waals surface area contributed by atoms with Crippen LogP contribution in [0.2, 0.25) is 0 Å². The van der Waals surface area contributed by atoms with Gasteiger partial charge in [-0.2, -0.15) is 0 Å². The summed E-state index contributed by atoms with van der Waals surface area (Å²) >= 11 is 0. The quantitative estimate of drug-likeness (QED) is 0.347. The third-order valence-corrected chi connectivity index (χ3v) is 3.88. The molecule has 0 unspecified atom stereocenters. The average Bonchev–Trinajstić information content (AvgIpc) is 3.19. The molecule has 0 spiro atoms. The summed E-state index contributed by atoms with van der Waals surface area (Å²) < 4.78 is 0. The van der Waals surface area contributed by atoms with E-state index in [0.29, 0.717) is 0 Å². The van der Waals surface area contributed by atoms with E-state index in [1.54, 1.807) is 27.7 Å². The Morgan fingerprint density at radius 1 is 0.145 bits per heavy atom. The van der Waals surface area contributed by atoms with Crippen LogP contribution in [0.5, 0.6) is 0 Å². The van der Waals surface area contributed by atoms with Crippen molar-refractivity contribution >= 4 is 0 Å². The summed E-state index contributed by atoms with van der Waals surface area (Å²) in [6.45, 7) is 6.68. The monoisotopic (exact) mass is 672 g/mol. The fourth-order valence-electron chi connectivity index (χ4n) is 2.00. The Morgan fingerprint density at radius 3 is 0.382 bits per heavy atom. The van der Waals surface area contributed by atoms with Crippen LogP contribution in [0.1, 0.15) is 27.7 Å². The first-order valence-corrected chi connectivity index (χ1v) is 14.5. The van der Waals surface area contributed by atoms with Crippen molar-refractivity contribution in [3.63, 3.8) is 0 Å². The second kappa shape index (κ2) is 37.5. The van der Waals surface area contributed by atoms with Crippen molar-refractivity contribution in [1.82, 2.24) is 0 Å². The Hall–Kier alpha value is -11.0. The van der Waals surface area contributed by atoms with Crippen LogP contribution >= 0.6 is 0 Å². The minimum Gasteiger partial charge on any atom is -0.0925 e. The largest absolute Gasteiger partial charge is 0.216 e. The topological polar surface area (TPSA) is 0 Å². The van der Waals surface area contributed by atoms with Gasteiger partial charge < -0.3 is 0 Å². The minimum absolute atomic E-state index is 1.61. The molecule has 0 fully saturated rings. The van der Waals surface area contributed by atoms with Crippen LogP contribution in [0.3, 0.4) is 0 Å². The standard InChI is InChI=1S/C55H12/c1-5-9-13-17-21-25-26-27-28-29-30-31-32-33-34-38-42-46-50-54-55(51-47-43-39-35-22-18-14-10-6-2,52-48-44-40-36-23-19-15-11-7-3)53-49-45-41-37-24-20-16-12-8-4/h1-4H3. The van der Waals surface area contributed by atoms with Gasteiger partial charge in [-0.3, -0.25) is 0 Å². The van der Waals surface area contributed by atoms with Crippen LogP contribution in [0.15, 0.2) is 0 Å². The van der Waals surface area contributed by atoms with Gasteiger partial charge in [-0.05, 0) is 288 Å². The molecule has 0 rings (SSSR count). The maximum Gasteiger partial charge on any atom is 0.216 e. The van der Waals surface area contributed by atoms with Gasteiger partial charge in [-0.25, -0.2) is 0 Å². The van der Waals surface area contributed by atoms with Crippen molar-refractivity contribution in [2.75, 3.05) is 0 Å². The molecule has 0 aromatic carbocycles. The van der Waals surface area contributed by atoms with Crippen LogP contribution in [0.4, 0.5) is 0 Å². The zero-order valence-electron chi connectivity index (χ0n) is 29.5. The molecule has 0 atom stereocenters. The molecule has 0 saturated carbocycles. The first kappa shape index (κ1) is 44.0. The van der Waals surface area contributed by atoms with Gasteiger partial charge in [0.05, 0.1) is 0 Å². The summed E-state index contributed by atoms with van der Waals surface area (Å²) in [5, 5.41) is 0. The van der Waals surface area contributed by atoms with Crippen LogP contribution in [0, 0.1) is 301 Å². The second-order valence-corrected chi connectivity index (χ2v) is 7.50. The first-order valence-electron chi connectivity index (χ1n) is 14.5. The Labute approximate surface area is 327 Å². The number of hydrogen-bond donors (Lipinski definition) is 0. The highest BCUT2D eigenvalue weighted by atomic mass is 14.1. The summed E-state index contributed by atoms with van der Waals surface area (Å²) in [7, 11) is 0. The van der Waals surface area contributed by atoms with E-state index in [2.05, 4.69) is 296 Å². The van der Waals surface area contributed by atoms with Crippen molar-refractivity contribution in [2.45, 2.75) is 27.7 Å². The lowest BCUT2D eigenvalue weighted by molar-refractivity contribution is 0.989. The highest BCUT2D eigenvalue weighted by molar-refractivity contribution is 5.57. The molecule has 0 aliphatic rings. The van der Waals surface area contributed by atoms with E-state index in [1.807, 2.05) is 0 Å². The SMILES string of the molecule is CC#CC#CC#CC#CC#CC#CC#CC#CC#CC#CC(C#CC#CC#CC#CC#CC)(C#CC#CC#CC#CC#CC)C#CC#CC#CC#CC#CC. The molecule has 0 nitrogen and oxygen atoms in total. The normalized spacial score (nSPS) is 4.73. The van der Waals surface area contributed by atoms with Crippen LogP contribution in [0.25, 0.3) is 0 Å². The van der Waals surface area contributed by atoms with E-state index >= 15 is 0 Å². The summed E-state index contributed by atoms with van der Waals surface area (Å²) in [5.41, 5.74) is -1.61. The van der Waals surface area contributed by atoms with E-state index in [0.717, 1.165) is 0 Å². The lowest BCUT2D eigenvalue weighted by Crippen LogP contribution is -2.11. The van der Waals surface area contributed by atoms with Crippen LogP contribution in [-0.4, -0.2) is 0 Å². The Kier molecular flexibility index (Phi) is 30.0. The van der Waals surface area contributed by atoms with E-state index in [1.165, 1.54) is 0 Å². The molecular formula is C55H12. The Bertz CT molecular complexity index is 3050. The molecule has 0 heterocycles. The van der Waals surface area contributed by atoms with Gasteiger partial charge in [-0.15, -0.1) is 0 Å². The summed E-state index contributed by atoms with van der Waals surface area (Å²) in [4.78, 5) is 0. The summed E-state index contributed by atoms with van der Waals surface area (Å²) in [5.74, 6) is 129. The van der Waals surface area contributed by atoms with Crippen LogP contribution in [-0.2, 0) is 0 Å². The zero-order chi connectivity index (χ0) is 39.9. The fraction of sp³-hybridized carbons (Fsp3) is 0.0909. The molecule has 55 heavy (non-hydrogen) atoms. The summed E-state index contributed by atoms with van der Waals surface area (Å²) in [6.07, 6.45) is 0. The highest BCUT2D eigenvalue weighted by Crippen LogP contribution is 2.12. The third kappa shape index (κ3) is 32.7. The smallest absolute Gasteiger partial charge is 0.0925 e. The number of rotatable bonds is 0. The molecule has 0 amide bonds. The van der Waals surface area contributed by atoms with Crippen molar-refractivity contribution in [3.05, 3.63) is 0 Å². The third-order valence-electron chi connectivity index (χ3n) is 3.88. The van der Waals surface area contributed by atoms with Gasteiger partial charge in [0.15, 0.2) is 0 Å². The fourth-order valence-corrected chi connectivity index (χ4v) is 2.00. The van der Waals surface area contributed by atoms with E-state index in [4.69, 9.17) is 0 Å². The molecular weight excluding hydrogens is 661 g/mol. The highest BCUT2D eigenvalue weighted by Gasteiger charge is 2.19. The predicted molar refractivity (Wildman–Crippen MR) is 220 cm³/mol. The molecule has 0 aromatic heterocycles. The molecule has 232 valence electrons. The molecule has 0 saturated heterocycles. The van der Waals surface area contributed by atoms with Crippen molar-refractivity contribution in [1.29, 1.82) is 0 Å². The van der Waals surface area contributed by atoms with Crippen molar-refractivity contribution in [3.8, 4) is 296 Å². The number of hydrogen-bond acceptors (Lipinski definition) is 0. The predicted octanol–water partition coefficient (Wildman–Crippen LogP) is 2.14. The van der Waals surface area contributed by atoms with E-state index in [9.17, 15) is 0 Å². The van der Waals surface area contributed by atoms with Crippen molar-refractivity contribution in [2.24, 2.45) is 5.41 Å².